The van der Waals surface area contributed by atoms with Gasteiger partial charge in [0.25, 0.3) is 5.91 Å². The molecule has 0 saturated carbocycles. The van der Waals surface area contributed by atoms with Crippen LogP contribution in [0.15, 0.2) is 29.2 Å². The Labute approximate surface area is 164 Å². The molecular formula is C18H25N3O6S. The number of aryl methyl sites for hydroxylation is 1. The summed E-state index contributed by atoms with van der Waals surface area (Å²) in [6, 6.07) is 4.52. The minimum atomic E-state index is -3.94. The van der Waals surface area contributed by atoms with Crippen molar-refractivity contribution in [2.45, 2.75) is 38.1 Å². The Morgan fingerprint density at radius 3 is 2.43 bits per heavy atom. The molecule has 0 aromatic heterocycles. The van der Waals surface area contributed by atoms with E-state index >= 15 is 0 Å². The molecule has 1 aliphatic rings. The molecule has 1 saturated heterocycles. The number of sulfonamides is 1. The minimum Gasteiger partial charge on any atom is -0.454 e. The summed E-state index contributed by atoms with van der Waals surface area (Å²) in [5.74, 6) is -1.52. The summed E-state index contributed by atoms with van der Waals surface area (Å²) < 4.78 is 32.5. The Morgan fingerprint density at radius 2 is 1.89 bits per heavy atom. The number of carbonyl (C=O) groups is 3. The van der Waals surface area contributed by atoms with E-state index < -0.39 is 40.6 Å². The lowest BCUT2D eigenvalue weighted by atomic mass is 10.1. The number of hydrogen-bond acceptors (Lipinski definition) is 6. The number of hydrogen-bond donors (Lipinski definition) is 2. The number of imide groups is 1. The Morgan fingerprint density at radius 1 is 1.25 bits per heavy atom. The van der Waals surface area contributed by atoms with Gasteiger partial charge < -0.3 is 10.1 Å². The van der Waals surface area contributed by atoms with Crippen LogP contribution in [-0.2, 0) is 24.3 Å². The Balaban J connectivity index is 2.05. The molecular weight excluding hydrogens is 386 g/mol. The quantitative estimate of drug-likeness (QED) is 0.610. The topological polar surface area (TPSA) is 122 Å². The van der Waals surface area contributed by atoms with Crippen molar-refractivity contribution in [2.75, 3.05) is 19.7 Å². The second kappa shape index (κ2) is 9.16. The molecule has 28 heavy (non-hydrogen) atoms. The number of nitrogens with one attached hydrogen (secondary N) is 2. The number of rotatable bonds is 8. The molecule has 9 nitrogen and oxygen atoms in total. The number of urea groups is 1. The average Bonchev–Trinajstić information content (AvgIpc) is 3.04. The monoisotopic (exact) mass is 411 g/mol. The lowest BCUT2D eigenvalue weighted by molar-refractivity contribution is -0.152. The Bertz CT molecular complexity index is 835. The van der Waals surface area contributed by atoms with Crippen molar-refractivity contribution in [2.24, 2.45) is 5.92 Å². The fourth-order valence-electron chi connectivity index (χ4n) is 2.66. The van der Waals surface area contributed by atoms with Crippen LogP contribution in [0.5, 0.6) is 0 Å². The van der Waals surface area contributed by atoms with Gasteiger partial charge >= 0.3 is 12.0 Å². The molecule has 1 heterocycles. The van der Waals surface area contributed by atoms with Crippen molar-refractivity contribution < 1.29 is 27.5 Å². The maximum atomic E-state index is 12.6. The third kappa shape index (κ3) is 5.77. The molecule has 3 amide bonds. The lowest BCUT2D eigenvalue weighted by Crippen LogP contribution is -2.44. The summed E-state index contributed by atoms with van der Waals surface area (Å²) >= 11 is 0. The number of ether oxygens (including phenoxy) is 1. The first-order chi connectivity index (χ1) is 13.1. The van der Waals surface area contributed by atoms with Gasteiger partial charge in [0.1, 0.15) is 6.04 Å². The van der Waals surface area contributed by atoms with Crippen LogP contribution in [0.2, 0.25) is 0 Å². The van der Waals surface area contributed by atoms with Crippen molar-refractivity contribution in [1.29, 1.82) is 0 Å². The van der Waals surface area contributed by atoms with Crippen LogP contribution in [0.3, 0.4) is 0 Å². The second-order valence-corrected chi connectivity index (χ2v) is 8.72. The number of esters is 1. The van der Waals surface area contributed by atoms with Gasteiger partial charge in [-0.25, -0.2) is 13.2 Å². The van der Waals surface area contributed by atoms with E-state index in [0.29, 0.717) is 6.54 Å². The highest BCUT2D eigenvalue weighted by Crippen LogP contribution is 2.14. The third-order valence-corrected chi connectivity index (χ3v) is 5.60. The fraction of sp³-hybridized carbons (Fsp3) is 0.500. The minimum absolute atomic E-state index is 0.00155. The van der Waals surface area contributed by atoms with Crippen LogP contribution >= 0.6 is 0 Å². The van der Waals surface area contributed by atoms with Crippen LogP contribution in [0, 0.1) is 12.8 Å². The lowest BCUT2D eigenvalue weighted by Gasteiger charge is -2.20. The summed E-state index contributed by atoms with van der Waals surface area (Å²) in [5, 5.41) is 2.47. The number of benzene rings is 1. The van der Waals surface area contributed by atoms with Gasteiger partial charge in [-0.1, -0.05) is 31.5 Å². The van der Waals surface area contributed by atoms with Crippen molar-refractivity contribution in [3.63, 3.8) is 0 Å². The zero-order valence-corrected chi connectivity index (χ0v) is 16.9. The summed E-state index contributed by atoms with van der Waals surface area (Å²) in [6.07, 6.45) is 0.197. The van der Waals surface area contributed by atoms with Gasteiger partial charge in [0, 0.05) is 13.1 Å². The highest BCUT2D eigenvalue weighted by atomic mass is 32.2. The predicted molar refractivity (Wildman–Crippen MR) is 101 cm³/mol. The Hall–Kier alpha value is -2.46. The summed E-state index contributed by atoms with van der Waals surface area (Å²) in [6.45, 7) is 5.41. The molecule has 1 aromatic rings. The van der Waals surface area contributed by atoms with Crippen molar-refractivity contribution >= 4 is 27.9 Å². The highest BCUT2D eigenvalue weighted by molar-refractivity contribution is 7.89. The van der Waals surface area contributed by atoms with Crippen LogP contribution < -0.4 is 10.0 Å². The standard InChI is InChI=1S/C18H25N3O6S/c1-12(2)10-15(20-28(25,26)14-6-4-13(3)5-7-14)17(23)27-11-16(22)21-9-8-19-18(21)24/h4-7,12,15,20H,8-11H2,1-3H3,(H,19,24)/t15-/m0/s1. The molecule has 1 aromatic carbocycles. The van der Waals surface area contributed by atoms with Gasteiger partial charge in [-0.05, 0) is 31.4 Å². The molecule has 2 rings (SSSR count). The van der Waals surface area contributed by atoms with E-state index in [9.17, 15) is 22.8 Å². The van der Waals surface area contributed by atoms with E-state index in [1.54, 1.807) is 12.1 Å². The number of carbonyl (C=O) groups excluding carboxylic acids is 3. The van der Waals surface area contributed by atoms with E-state index in [0.717, 1.165) is 10.5 Å². The maximum absolute atomic E-state index is 12.6. The normalized spacial score (nSPS) is 15.4. The zero-order chi connectivity index (χ0) is 20.9. The summed E-state index contributed by atoms with van der Waals surface area (Å²) in [7, 11) is -3.94. The largest absolute Gasteiger partial charge is 0.454 e. The SMILES string of the molecule is Cc1ccc(S(=O)(=O)N[C@@H](CC(C)C)C(=O)OCC(=O)N2CCNC2=O)cc1. The van der Waals surface area contributed by atoms with Gasteiger partial charge in [-0.2, -0.15) is 4.72 Å². The van der Waals surface area contributed by atoms with Crippen LogP contribution in [0.4, 0.5) is 4.79 Å². The maximum Gasteiger partial charge on any atom is 0.324 e. The highest BCUT2D eigenvalue weighted by Gasteiger charge is 2.30. The predicted octanol–water partition coefficient (Wildman–Crippen LogP) is 0.783. The number of amides is 3. The molecule has 154 valence electrons. The fourth-order valence-corrected chi connectivity index (χ4v) is 3.86. The summed E-state index contributed by atoms with van der Waals surface area (Å²) in [5.41, 5.74) is 0.904. The van der Waals surface area contributed by atoms with Crippen molar-refractivity contribution in [3.05, 3.63) is 29.8 Å². The molecule has 1 fully saturated rings. The van der Waals surface area contributed by atoms with E-state index in [1.807, 2.05) is 20.8 Å². The van der Waals surface area contributed by atoms with Gasteiger partial charge in [0.05, 0.1) is 4.90 Å². The molecule has 0 bridgehead atoms. The molecule has 10 heteroatoms. The van der Waals surface area contributed by atoms with Gasteiger partial charge in [0.15, 0.2) is 6.61 Å². The molecule has 1 aliphatic heterocycles. The number of nitrogens with zero attached hydrogens (tertiary/aromatic N) is 1. The van der Waals surface area contributed by atoms with Crippen LogP contribution in [0.1, 0.15) is 25.8 Å². The average molecular weight is 411 g/mol. The van der Waals surface area contributed by atoms with E-state index in [-0.39, 0.29) is 23.8 Å². The van der Waals surface area contributed by atoms with Gasteiger partial charge in [-0.3, -0.25) is 14.5 Å². The van der Waals surface area contributed by atoms with E-state index in [4.69, 9.17) is 4.74 Å². The molecule has 0 radical (unpaired) electrons. The molecule has 0 spiro atoms. The van der Waals surface area contributed by atoms with Crippen LogP contribution in [-0.4, -0.2) is 57.0 Å². The van der Waals surface area contributed by atoms with E-state index in [2.05, 4.69) is 10.0 Å². The zero-order valence-electron chi connectivity index (χ0n) is 16.1. The molecule has 0 aliphatic carbocycles. The first-order valence-corrected chi connectivity index (χ1v) is 10.4. The van der Waals surface area contributed by atoms with E-state index in [1.165, 1.54) is 12.1 Å². The van der Waals surface area contributed by atoms with Crippen molar-refractivity contribution in [1.82, 2.24) is 14.9 Å². The summed E-state index contributed by atoms with van der Waals surface area (Å²) in [4.78, 5) is 36.9. The second-order valence-electron chi connectivity index (χ2n) is 7.00. The molecule has 2 N–H and O–H groups in total. The Kier molecular flexibility index (Phi) is 7.14. The molecule has 0 unspecified atom stereocenters. The molecule has 1 atom stereocenters. The smallest absolute Gasteiger partial charge is 0.324 e. The van der Waals surface area contributed by atoms with Crippen molar-refractivity contribution in [3.8, 4) is 0 Å². The van der Waals surface area contributed by atoms with Gasteiger partial charge in [0.2, 0.25) is 10.0 Å². The van der Waals surface area contributed by atoms with Gasteiger partial charge in [-0.15, -0.1) is 0 Å². The first kappa shape index (κ1) is 21.8. The van der Waals surface area contributed by atoms with Crippen LogP contribution in [0.25, 0.3) is 0 Å². The first-order valence-electron chi connectivity index (χ1n) is 8.94. The third-order valence-electron chi connectivity index (χ3n) is 4.12.